The lowest BCUT2D eigenvalue weighted by molar-refractivity contribution is 0.0232. The molecule has 2 atom stereocenters. The number of anilines is 1. The van der Waals surface area contributed by atoms with Crippen molar-refractivity contribution in [3.63, 3.8) is 0 Å². The first-order valence-corrected chi connectivity index (χ1v) is 6.85. The van der Waals surface area contributed by atoms with Crippen LogP contribution in [0, 0.1) is 6.92 Å². The van der Waals surface area contributed by atoms with E-state index in [1.54, 1.807) is 0 Å². The Morgan fingerprint density at radius 2 is 2.39 bits per heavy atom. The largest absolute Gasteiger partial charge is 0.465 e. The second-order valence-corrected chi connectivity index (χ2v) is 5.47. The normalized spacial score (nSPS) is 23.7. The van der Waals surface area contributed by atoms with E-state index in [1.165, 1.54) is 18.4 Å². The van der Waals surface area contributed by atoms with E-state index in [-0.39, 0.29) is 12.1 Å². The molecule has 2 rings (SSSR count). The van der Waals surface area contributed by atoms with Gasteiger partial charge >= 0.3 is 5.97 Å². The fraction of sp³-hybridized carbons (Fsp3) is 0.667. The van der Waals surface area contributed by atoms with Crippen LogP contribution in [0.25, 0.3) is 0 Å². The Bertz CT molecular complexity index is 433. The number of aromatic nitrogens is 1. The fourth-order valence-electron chi connectivity index (χ4n) is 2.04. The summed E-state index contributed by atoms with van der Waals surface area (Å²) in [6.07, 6.45) is 2.21. The molecule has 2 unspecified atom stereocenters. The zero-order chi connectivity index (χ0) is 13.1. The molecule has 0 spiro atoms. The molecule has 1 saturated heterocycles. The number of esters is 1. The molecule has 1 aromatic rings. The van der Waals surface area contributed by atoms with Gasteiger partial charge in [-0.3, -0.25) is 0 Å². The number of carbonyl (C=O) groups is 1. The molecule has 1 fully saturated rings. The van der Waals surface area contributed by atoms with Crippen LogP contribution in [0.3, 0.4) is 0 Å². The lowest BCUT2D eigenvalue weighted by Gasteiger charge is -2.27. The molecular weight excluding hydrogens is 252 g/mol. The molecule has 18 heavy (non-hydrogen) atoms. The third-order valence-corrected chi connectivity index (χ3v) is 4.05. The summed E-state index contributed by atoms with van der Waals surface area (Å²) in [7, 11) is 1.38. The Hall–Kier alpha value is -1.14. The van der Waals surface area contributed by atoms with E-state index in [0.29, 0.717) is 10.9 Å². The predicted molar refractivity (Wildman–Crippen MR) is 70.2 cm³/mol. The van der Waals surface area contributed by atoms with Crippen molar-refractivity contribution in [2.75, 3.05) is 19.0 Å². The Morgan fingerprint density at radius 3 is 3.06 bits per heavy atom. The summed E-state index contributed by atoms with van der Waals surface area (Å²) in [5.41, 5.74) is 0.717. The number of hydrogen-bond donors (Lipinski definition) is 1. The molecule has 2 heterocycles. The Labute approximate surface area is 111 Å². The number of rotatable bonds is 3. The molecule has 1 aliphatic heterocycles. The molecule has 6 heteroatoms. The highest BCUT2D eigenvalue weighted by atomic mass is 32.1. The SMILES string of the molecule is COC(=O)c1sc(NC2CCOC(C)C2)nc1C. The first-order chi connectivity index (χ1) is 8.60. The number of carbonyl (C=O) groups excluding carboxylic acids is 1. The third kappa shape index (κ3) is 3.00. The van der Waals surface area contributed by atoms with Crippen LogP contribution in [0.15, 0.2) is 0 Å². The number of thiazole rings is 1. The Morgan fingerprint density at radius 1 is 1.61 bits per heavy atom. The summed E-state index contributed by atoms with van der Waals surface area (Å²) in [6.45, 7) is 4.66. The average Bonchev–Trinajstić information content (AvgIpc) is 2.69. The topological polar surface area (TPSA) is 60.5 Å². The second kappa shape index (κ2) is 5.67. The van der Waals surface area contributed by atoms with Gasteiger partial charge < -0.3 is 14.8 Å². The summed E-state index contributed by atoms with van der Waals surface area (Å²) >= 11 is 1.35. The van der Waals surface area contributed by atoms with E-state index >= 15 is 0 Å². The molecule has 1 aliphatic rings. The van der Waals surface area contributed by atoms with Crippen molar-refractivity contribution < 1.29 is 14.3 Å². The van der Waals surface area contributed by atoms with E-state index in [1.807, 2.05) is 6.92 Å². The van der Waals surface area contributed by atoms with Crippen molar-refractivity contribution in [3.05, 3.63) is 10.6 Å². The van der Waals surface area contributed by atoms with Gasteiger partial charge in [0.25, 0.3) is 0 Å². The number of nitrogens with zero attached hydrogens (tertiary/aromatic N) is 1. The van der Waals surface area contributed by atoms with Gasteiger partial charge in [-0.2, -0.15) is 0 Å². The minimum Gasteiger partial charge on any atom is -0.465 e. The third-order valence-electron chi connectivity index (χ3n) is 2.98. The van der Waals surface area contributed by atoms with E-state index in [2.05, 4.69) is 17.2 Å². The standard InChI is InChI=1S/C12H18N2O3S/c1-7-6-9(4-5-17-7)14-12-13-8(2)10(18-12)11(15)16-3/h7,9H,4-6H2,1-3H3,(H,13,14). The smallest absolute Gasteiger partial charge is 0.350 e. The molecular formula is C12H18N2O3S. The van der Waals surface area contributed by atoms with Crippen molar-refractivity contribution in [1.29, 1.82) is 0 Å². The zero-order valence-electron chi connectivity index (χ0n) is 10.9. The van der Waals surface area contributed by atoms with Crippen molar-refractivity contribution in [3.8, 4) is 0 Å². The van der Waals surface area contributed by atoms with Crippen molar-refractivity contribution in [2.45, 2.75) is 38.8 Å². The maximum absolute atomic E-state index is 11.5. The first-order valence-electron chi connectivity index (χ1n) is 6.04. The van der Waals surface area contributed by atoms with Gasteiger partial charge in [0.05, 0.1) is 18.9 Å². The highest BCUT2D eigenvalue weighted by Crippen LogP contribution is 2.26. The lowest BCUT2D eigenvalue weighted by atomic mass is 10.1. The maximum Gasteiger partial charge on any atom is 0.350 e. The van der Waals surface area contributed by atoms with Gasteiger partial charge in [-0.05, 0) is 26.7 Å². The maximum atomic E-state index is 11.5. The van der Waals surface area contributed by atoms with Crippen LogP contribution in [-0.2, 0) is 9.47 Å². The zero-order valence-corrected chi connectivity index (χ0v) is 11.7. The number of aryl methyl sites for hydroxylation is 1. The molecule has 0 aliphatic carbocycles. The van der Waals surface area contributed by atoms with Gasteiger partial charge in [-0.25, -0.2) is 9.78 Å². The van der Waals surface area contributed by atoms with E-state index < -0.39 is 0 Å². The van der Waals surface area contributed by atoms with Gasteiger partial charge in [-0.1, -0.05) is 11.3 Å². The summed E-state index contributed by atoms with van der Waals surface area (Å²) < 4.78 is 10.2. The molecule has 0 saturated carbocycles. The molecule has 5 nitrogen and oxygen atoms in total. The van der Waals surface area contributed by atoms with E-state index in [0.717, 1.165) is 30.3 Å². The van der Waals surface area contributed by atoms with Gasteiger partial charge in [0.15, 0.2) is 5.13 Å². The van der Waals surface area contributed by atoms with Crippen LogP contribution in [-0.4, -0.2) is 36.8 Å². The minimum atomic E-state index is -0.321. The fourth-order valence-corrected chi connectivity index (χ4v) is 3.01. The van der Waals surface area contributed by atoms with E-state index in [4.69, 9.17) is 9.47 Å². The van der Waals surface area contributed by atoms with Crippen molar-refractivity contribution >= 4 is 22.4 Å². The minimum absolute atomic E-state index is 0.275. The summed E-state index contributed by atoms with van der Waals surface area (Å²) in [5, 5.41) is 4.16. The molecule has 1 N–H and O–H groups in total. The number of methoxy groups -OCH3 is 1. The second-order valence-electron chi connectivity index (χ2n) is 4.47. The quantitative estimate of drug-likeness (QED) is 0.853. The molecule has 0 aromatic carbocycles. The molecule has 0 amide bonds. The Kier molecular flexibility index (Phi) is 4.19. The van der Waals surface area contributed by atoms with Gasteiger partial charge in [0.2, 0.25) is 0 Å². The highest BCUT2D eigenvalue weighted by Gasteiger charge is 2.22. The van der Waals surface area contributed by atoms with Gasteiger partial charge in [-0.15, -0.1) is 0 Å². The van der Waals surface area contributed by atoms with Crippen LogP contribution < -0.4 is 5.32 Å². The van der Waals surface area contributed by atoms with Crippen LogP contribution in [0.2, 0.25) is 0 Å². The molecule has 100 valence electrons. The summed E-state index contributed by atoms with van der Waals surface area (Å²) in [6, 6.07) is 0.366. The first kappa shape index (κ1) is 13.3. The van der Waals surface area contributed by atoms with Crippen LogP contribution in [0.5, 0.6) is 0 Å². The van der Waals surface area contributed by atoms with Crippen molar-refractivity contribution in [1.82, 2.24) is 4.98 Å². The molecule has 0 radical (unpaired) electrons. The average molecular weight is 270 g/mol. The van der Waals surface area contributed by atoms with E-state index in [9.17, 15) is 4.79 Å². The highest BCUT2D eigenvalue weighted by molar-refractivity contribution is 7.17. The molecule has 0 bridgehead atoms. The van der Waals surface area contributed by atoms with Crippen LogP contribution >= 0.6 is 11.3 Å². The van der Waals surface area contributed by atoms with Crippen LogP contribution in [0.4, 0.5) is 5.13 Å². The summed E-state index contributed by atoms with van der Waals surface area (Å²) in [5.74, 6) is -0.321. The number of ether oxygens (including phenoxy) is 2. The number of nitrogens with one attached hydrogen (secondary N) is 1. The van der Waals surface area contributed by atoms with Crippen LogP contribution in [0.1, 0.15) is 35.1 Å². The lowest BCUT2D eigenvalue weighted by Crippen LogP contribution is -2.32. The van der Waals surface area contributed by atoms with Crippen molar-refractivity contribution in [2.24, 2.45) is 0 Å². The van der Waals surface area contributed by atoms with Gasteiger partial charge in [0.1, 0.15) is 4.88 Å². The van der Waals surface area contributed by atoms with Gasteiger partial charge in [0, 0.05) is 12.6 Å². The summed E-state index contributed by atoms with van der Waals surface area (Å²) in [4.78, 5) is 16.4. The number of hydrogen-bond acceptors (Lipinski definition) is 6. The molecule has 1 aromatic heterocycles. The Balaban J connectivity index is 2.03. The monoisotopic (exact) mass is 270 g/mol. The predicted octanol–water partition coefficient (Wildman–Crippen LogP) is 2.22.